The number of allylic oxidation sites excluding steroid dienone is 4. The maximum atomic E-state index is 12.7. The van der Waals surface area contributed by atoms with Crippen molar-refractivity contribution in [3.05, 3.63) is 83.1 Å². The maximum Gasteiger partial charge on any atom is 0.410 e. The van der Waals surface area contributed by atoms with Crippen LogP contribution in [0.2, 0.25) is 0 Å². The van der Waals surface area contributed by atoms with Gasteiger partial charge < -0.3 is 15.0 Å². The fourth-order valence-corrected chi connectivity index (χ4v) is 3.51. The zero-order chi connectivity index (χ0) is 26.1. The SMILES string of the molecule is C=C(/C=C(/C)C(=C)C(=C)CCC)NC(=O)c1ccc2c(c1)CCN(C(=O)OC(C)(C)C)C2.CC. The van der Waals surface area contributed by atoms with Gasteiger partial charge in [-0.3, -0.25) is 4.79 Å². The Bertz CT molecular complexity index is 964. The van der Waals surface area contributed by atoms with Crippen molar-refractivity contribution in [3.63, 3.8) is 0 Å². The lowest BCUT2D eigenvalue weighted by Gasteiger charge is -2.31. The van der Waals surface area contributed by atoms with Crippen molar-refractivity contribution in [2.24, 2.45) is 0 Å². The maximum absolute atomic E-state index is 12.7. The monoisotopic (exact) mass is 466 g/mol. The predicted octanol–water partition coefficient (Wildman–Crippen LogP) is 7.11. The van der Waals surface area contributed by atoms with Gasteiger partial charge in [-0.15, -0.1) is 0 Å². The molecule has 1 aromatic carbocycles. The summed E-state index contributed by atoms with van der Waals surface area (Å²) in [4.78, 5) is 26.8. The highest BCUT2D eigenvalue weighted by Gasteiger charge is 2.26. The molecule has 2 rings (SSSR count). The topological polar surface area (TPSA) is 58.6 Å². The smallest absolute Gasteiger partial charge is 0.410 e. The lowest BCUT2D eigenvalue weighted by molar-refractivity contribution is 0.0223. The van der Waals surface area contributed by atoms with Crippen LogP contribution >= 0.6 is 0 Å². The van der Waals surface area contributed by atoms with E-state index in [1.54, 1.807) is 11.0 Å². The first-order valence-electron chi connectivity index (χ1n) is 12.1. The van der Waals surface area contributed by atoms with Crippen LogP contribution in [0.3, 0.4) is 0 Å². The van der Waals surface area contributed by atoms with Gasteiger partial charge in [-0.05, 0) is 86.6 Å². The molecule has 0 atom stereocenters. The van der Waals surface area contributed by atoms with Gasteiger partial charge in [0.05, 0.1) is 0 Å². The first-order valence-corrected chi connectivity index (χ1v) is 12.1. The Kier molecular flexibility index (Phi) is 11.0. The second-order valence-corrected chi connectivity index (χ2v) is 9.27. The summed E-state index contributed by atoms with van der Waals surface area (Å²) >= 11 is 0. The highest BCUT2D eigenvalue weighted by molar-refractivity contribution is 5.95. The minimum absolute atomic E-state index is 0.214. The Balaban J connectivity index is 0.00000281. The largest absolute Gasteiger partial charge is 0.444 e. The zero-order valence-electron chi connectivity index (χ0n) is 22.1. The van der Waals surface area contributed by atoms with Crippen molar-refractivity contribution in [3.8, 4) is 0 Å². The van der Waals surface area contributed by atoms with E-state index in [1.165, 1.54) is 0 Å². The molecule has 0 bridgehead atoms. The Hall–Kier alpha value is -3.08. The second kappa shape index (κ2) is 13.0. The fraction of sp³-hybridized carbons (Fsp3) is 0.448. The molecule has 0 aliphatic carbocycles. The van der Waals surface area contributed by atoms with E-state index in [9.17, 15) is 9.59 Å². The molecular formula is C29H42N2O3. The van der Waals surface area contributed by atoms with Crippen molar-refractivity contribution in [1.29, 1.82) is 0 Å². The highest BCUT2D eigenvalue weighted by Crippen LogP contribution is 2.23. The van der Waals surface area contributed by atoms with Crippen LogP contribution in [0.15, 0.2) is 66.4 Å². The predicted molar refractivity (Wildman–Crippen MR) is 142 cm³/mol. The molecule has 1 aliphatic heterocycles. The van der Waals surface area contributed by atoms with Gasteiger partial charge >= 0.3 is 6.09 Å². The third-order valence-electron chi connectivity index (χ3n) is 5.25. The number of nitrogens with one attached hydrogen (secondary N) is 1. The lowest BCUT2D eigenvalue weighted by Crippen LogP contribution is -2.40. The number of hydrogen-bond acceptors (Lipinski definition) is 3. The number of carbonyl (C=O) groups is 2. The molecule has 5 heteroatoms. The van der Waals surface area contributed by atoms with Crippen LogP contribution in [0.1, 0.15) is 82.8 Å². The van der Waals surface area contributed by atoms with Crippen LogP contribution in [0.5, 0.6) is 0 Å². The van der Waals surface area contributed by atoms with Crippen LogP contribution in [0.4, 0.5) is 4.79 Å². The number of nitrogens with zero attached hydrogens (tertiary/aromatic N) is 1. The van der Waals surface area contributed by atoms with Crippen LogP contribution in [0, 0.1) is 0 Å². The van der Waals surface area contributed by atoms with E-state index in [1.807, 2.05) is 59.8 Å². The summed E-state index contributed by atoms with van der Waals surface area (Å²) in [5.41, 5.74) is 5.45. The zero-order valence-corrected chi connectivity index (χ0v) is 22.1. The summed E-state index contributed by atoms with van der Waals surface area (Å²) in [6.45, 7) is 26.8. The molecule has 0 fully saturated rings. The molecule has 0 unspecified atom stereocenters. The van der Waals surface area contributed by atoms with Crippen LogP contribution in [0.25, 0.3) is 0 Å². The van der Waals surface area contributed by atoms with Gasteiger partial charge in [0.25, 0.3) is 5.91 Å². The summed E-state index contributed by atoms with van der Waals surface area (Å²) in [5, 5.41) is 2.85. The van der Waals surface area contributed by atoms with Gasteiger partial charge in [0.1, 0.15) is 5.60 Å². The highest BCUT2D eigenvalue weighted by atomic mass is 16.6. The van der Waals surface area contributed by atoms with E-state index in [4.69, 9.17) is 4.74 Å². The summed E-state index contributed by atoms with van der Waals surface area (Å²) in [6.07, 6.45) is 4.08. The average Bonchev–Trinajstić information content (AvgIpc) is 2.77. The van der Waals surface area contributed by atoms with E-state index < -0.39 is 5.60 Å². The molecule has 2 amide bonds. The molecule has 1 N–H and O–H groups in total. The lowest BCUT2D eigenvalue weighted by atomic mass is 9.97. The third kappa shape index (κ3) is 8.69. The minimum atomic E-state index is -0.524. The van der Waals surface area contributed by atoms with Gasteiger partial charge in [-0.25, -0.2) is 4.79 Å². The Morgan fingerprint density at radius 3 is 2.38 bits per heavy atom. The van der Waals surface area contributed by atoms with Gasteiger partial charge in [0.15, 0.2) is 0 Å². The molecule has 1 aliphatic rings. The molecule has 0 saturated heterocycles. The first kappa shape index (κ1) is 29.0. The molecule has 0 spiro atoms. The van der Waals surface area contributed by atoms with Crippen molar-refractivity contribution >= 4 is 12.0 Å². The first-order chi connectivity index (χ1) is 15.9. The Morgan fingerprint density at radius 2 is 1.79 bits per heavy atom. The molecule has 1 aromatic rings. The van der Waals surface area contributed by atoms with Crippen molar-refractivity contribution in [1.82, 2.24) is 10.2 Å². The molecule has 0 aromatic heterocycles. The standard InChI is InChI=1S/C27H36N2O3.C2H6/c1-9-10-18(2)21(5)19(3)15-20(4)28-25(30)23-11-12-24-17-29(14-13-22(24)16-23)26(31)32-27(6,7)8;1-2/h11-12,15-16H,2,4-5,9-10,13-14,17H2,1,3,6-8H3,(H,28,30);1-2H3/b19-15-;. The average molecular weight is 467 g/mol. The van der Waals surface area contributed by atoms with E-state index >= 15 is 0 Å². The van der Waals surface area contributed by atoms with Gasteiger partial charge in [0.2, 0.25) is 0 Å². The van der Waals surface area contributed by atoms with Crippen molar-refractivity contribution in [2.75, 3.05) is 6.54 Å². The summed E-state index contributed by atoms with van der Waals surface area (Å²) in [5.74, 6) is -0.214. The number of fused-ring (bicyclic) bond motifs is 1. The van der Waals surface area contributed by atoms with E-state index in [2.05, 4.69) is 32.0 Å². The van der Waals surface area contributed by atoms with E-state index in [-0.39, 0.29) is 12.0 Å². The number of benzene rings is 1. The van der Waals surface area contributed by atoms with Crippen molar-refractivity contribution in [2.45, 2.75) is 79.9 Å². The van der Waals surface area contributed by atoms with Crippen LogP contribution in [-0.2, 0) is 17.7 Å². The number of hydrogen-bond donors (Lipinski definition) is 1. The molecular weight excluding hydrogens is 424 g/mol. The van der Waals surface area contributed by atoms with Gasteiger partial charge in [-0.2, -0.15) is 0 Å². The second-order valence-electron chi connectivity index (χ2n) is 9.27. The third-order valence-corrected chi connectivity index (χ3v) is 5.25. The van der Waals surface area contributed by atoms with Crippen LogP contribution < -0.4 is 5.32 Å². The minimum Gasteiger partial charge on any atom is -0.444 e. The Morgan fingerprint density at radius 1 is 1.15 bits per heavy atom. The molecule has 5 nitrogen and oxygen atoms in total. The Labute approximate surface area is 206 Å². The van der Waals surface area contributed by atoms with Gasteiger partial charge in [-0.1, -0.05) is 53.0 Å². The van der Waals surface area contributed by atoms with Gasteiger partial charge in [0, 0.05) is 24.4 Å². The quantitative estimate of drug-likeness (QED) is 0.436. The molecule has 0 saturated carbocycles. The summed E-state index contributed by atoms with van der Waals surface area (Å²) in [7, 11) is 0. The van der Waals surface area contributed by atoms with Crippen LogP contribution in [-0.4, -0.2) is 29.0 Å². The number of carbonyl (C=O) groups excluding carboxylic acids is 2. The molecule has 1 heterocycles. The van der Waals surface area contributed by atoms with Crippen molar-refractivity contribution < 1.29 is 14.3 Å². The van der Waals surface area contributed by atoms with E-state index in [0.717, 1.165) is 40.7 Å². The fourth-order valence-electron chi connectivity index (χ4n) is 3.51. The van der Waals surface area contributed by atoms with E-state index in [0.29, 0.717) is 30.8 Å². The number of ether oxygens (including phenoxy) is 1. The summed E-state index contributed by atoms with van der Waals surface area (Å²) < 4.78 is 5.47. The molecule has 34 heavy (non-hydrogen) atoms. The molecule has 0 radical (unpaired) electrons. The normalized spacial score (nSPS) is 13.1. The molecule has 186 valence electrons. The number of amides is 2. The summed E-state index contributed by atoms with van der Waals surface area (Å²) in [6, 6.07) is 5.57. The number of rotatable bonds is 7.